The van der Waals surface area contributed by atoms with Crippen LogP contribution in [0.4, 0.5) is 0 Å². The summed E-state index contributed by atoms with van der Waals surface area (Å²) < 4.78 is 5.08. The zero-order valence-corrected chi connectivity index (χ0v) is 7.79. The third kappa shape index (κ3) is 2.55. The predicted molar refractivity (Wildman–Crippen MR) is 49.7 cm³/mol. The minimum atomic E-state index is -0.0646. The Hall–Kier alpha value is -0.840. The van der Waals surface area contributed by atoms with Crippen LogP contribution < -0.4 is 10.5 Å². The molecule has 0 aliphatic carbocycles. The van der Waals surface area contributed by atoms with E-state index < -0.39 is 0 Å². The summed E-state index contributed by atoms with van der Waals surface area (Å²) in [6, 6.07) is 1.73. The number of rotatable bonds is 4. The second kappa shape index (κ2) is 5.01. The first-order valence-electron chi connectivity index (χ1n) is 3.86. The molecule has 4 nitrogen and oxygen atoms in total. The van der Waals surface area contributed by atoms with Gasteiger partial charge in [-0.25, -0.2) is 4.98 Å². The van der Waals surface area contributed by atoms with E-state index in [0.717, 1.165) is 5.56 Å². The summed E-state index contributed by atoms with van der Waals surface area (Å²) in [4.78, 5) is 3.90. The van der Waals surface area contributed by atoms with Crippen molar-refractivity contribution in [2.24, 2.45) is 5.73 Å². The molecule has 0 atom stereocenters. The van der Waals surface area contributed by atoms with E-state index in [-0.39, 0.29) is 13.2 Å². The van der Waals surface area contributed by atoms with Crippen LogP contribution in [0, 0.1) is 0 Å². The molecule has 0 fully saturated rings. The first kappa shape index (κ1) is 10.2. The molecule has 0 aliphatic rings. The zero-order chi connectivity index (χ0) is 9.68. The standard InChI is InChI=1S/C8H11ClN2O2/c9-7-6(5-10)1-2-11-8(7)13-4-3-12/h1-2,12H,3-5,10H2. The van der Waals surface area contributed by atoms with Gasteiger partial charge in [0.2, 0.25) is 5.88 Å². The average molecular weight is 203 g/mol. The summed E-state index contributed by atoms with van der Waals surface area (Å²) in [5.41, 5.74) is 6.21. The molecule has 0 spiro atoms. The van der Waals surface area contributed by atoms with Crippen molar-refractivity contribution in [2.75, 3.05) is 13.2 Å². The minimum absolute atomic E-state index is 0.0646. The maximum absolute atomic E-state index is 8.52. The quantitative estimate of drug-likeness (QED) is 0.749. The van der Waals surface area contributed by atoms with Gasteiger partial charge in [0.05, 0.1) is 6.61 Å². The molecule has 1 rings (SSSR count). The predicted octanol–water partition coefficient (Wildman–Crippen LogP) is 0.565. The number of aliphatic hydroxyl groups excluding tert-OH is 1. The highest BCUT2D eigenvalue weighted by atomic mass is 35.5. The average Bonchev–Trinajstić information content (AvgIpc) is 2.16. The fourth-order valence-corrected chi connectivity index (χ4v) is 1.11. The topological polar surface area (TPSA) is 68.4 Å². The van der Waals surface area contributed by atoms with Gasteiger partial charge in [-0.05, 0) is 11.6 Å². The molecule has 72 valence electrons. The smallest absolute Gasteiger partial charge is 0.232 e. The summed E-state index contributed by atoms with van der Waals surface area (Å²) in [5.74, 6) is 0.318. The van der Waals surface area contributed by atoms with Crippen molar-refractivity contribution in [1.82, 2.24) is 4.98 Å². The molecule has 0 unspecified atom stereocenters. The monoisotopic (exact) mass is 202 g/mol. The largest absolute Gasteiger partial charge is 0.474 e. The van der Waals surface area contributed by atoms with Crippen molar-refractivity contribution in [2.45, 2.75) is 6.54 Å². The van der Waals surface area contributed by atoms with E-state index in [1.807, 2.05) is 0 Å². The van der Waals surface area contributed by atoms with Crippen LogP contribution in [-0.4, -0.2) is 23.3 Å². The Morgan fingerprint density at radius 2 is 2.38 bits per heavy atom. The normalized spacial score (nSPS) is 10.1. The van der Waals surface area contributed by atoms with Gasteiger partial charge in [-0.2, -0.15) is 0 Å². The van der Waals surface area contributed by atoms with E-state index >= 15 is 0 Å². The highest BCUT2D eigenvalue weighted by Crippen LogP contribution is 2.24. The maximum Gasteiger partial charge on any atom is 0.232 e. The molecule has 0 saturated heterocycles. The Morgan fingerprint density at radius 1 is 1.62 bits per heavy atom. The molecule has 0 aromatic carbocycles. The second-order valence-corrected chi connectivity index (χ2v) is 2.74. The summed E-state index contributed by atoms with van der Waals surface area (Å²) in [6.45, 7) is 0.461. The molecule has 13 heavy (non-hydrogen) atoms. The number of aromatic nitrogens is 1. The van der Waals surface area contributed by atoms with Crippen molar-refractivity contribution in [3.05, 3.63) is 22.8 Å². The maximum atomic E-state index is 8.52. The van der Waals surface area contributed by atoms with Crippen LogP contribution in [0.1, 0.15) is 5.56 Å². The molecule has 3 N–H and O–H groups in total. The lowest BCUT2D eigenvalue weighted by molar-refractivity contribution is 0.196. The Kier molecular flexibility index (Phi) is 3.95. The van der Waals surface area contributed by atoms with E-state index in [4.69, 9.17) is 27.2 Å². The number of aliphatic hydroxyl groups is 1. The van der Waals surface area contributed by atoms with Gasteiger partial charge in [0.25, 0.3) is 0 Å². The fraction of sp³-hybridized carbons (Fsp3) is 0.375. The van der Waals surface area contributed by atoms with Crippen LogP contribution >= 0.6 is 11.6 Å². The molecule has 0 amide bonds. The van der Waals surface area contributed by atoms with E-state index in [1.54, 1.807) is 12.3 Å². The number of hydrogen-bond donors (Lipinski definition) is 2. The molecule has 0 bridgehead atoms. The number of nitrogens with zero attached hydrogens (tertiary/aromatic N) is 1. The molecular weight excluding hydrogens is 192 g/mol. The summed E-state index contributed by atoms with van der Waals surface area (Å²) in [5, 5.41) is 8.94. The van der Waals surface area contributed by atoms with Crippen LogP contribution in [-0.2, 0) is 6.54 Å². The Labute approximate surface area is 81.3 Å². The summed E-state index contributed by atoms with van der Waals surface area (Å²) in [7, 11) is 0. The lowest BCUT2D eigenvalue weighted by Gasteiger charge is -2.07. The molecule has 0 saturated carbocycles. The van der Waals surface area contributed by atoms with Gasteiger partial charge in [-0.3, -0.25) is 0 Å². The second-order valence-electron chi connectivity index (χ2n) is 2.37. The van der Waals surface area contributed by atoms with E-state index in [2.05, 4.69) is 4.98 Å². The first-order valence-corrected chi connectivity index (χ1v) is 4.24. The Morgan fingerprint density at radius 3 is 3.00 bits per heavy atom. The van der Waals surface area contributed by atoms with Crippen LogP contribution in [0.15, 0.2) is 12.3 Å². The minimum Gasteiger partial charge on any atom is -0.474 e. The lowest BCUT2D eigenvalue weighted by atomic mass is 10.3. The number of pyridine rings is 1. The number of halogens is 1. The third-order valence-electron chi connectivity index (χ3n) is 1.49. The molecule has 0 aliphatic heterocycles. The van der Waals surface area contributed by atoms with Gasteiger partial charge in [-0.15, -0.1) is 0 Å². The van der Waals surface area contributed by atoms with Crippen LogP contribution in [0.2, 0.25) is 5.02 Å². The number of hydrogen-bond acceptors (Lipinski definition) is 4. The van der Waals surface area contributed by atoms with Crippen LogP contribution in [0.5, 0.6) is 5.88 Å². The lowest BCUT2D eigenvalue weighted by Crippen LogP contribution is -2.05. The third-order valence-corrected chi connectivity index (χ3v) is 1.89. The fourth-order valence-electron chi connectivity index (χ4n) is 0.863. The Balaban J connectivity index is 2.81. The van der Waals surface area contributed by atoms with Crippen molar-refractivity contribution >= 4 is 11.6 Å². The SMILES string of the molecule is NCc1ccnc(OCCO)c1Cl. The van der Waals surface area contributed by atoms with E-state index in [9.17, 15) is 0 Å². The van der Waals surface area contributed by atoms with Gasteiger partial charge in [0, 0.05) is 12.7 Å². The van der Waals surface area contributed by atoms with Crippen molar-refractivity contribution in [3.63, 3.8) is 0 Å². The van der Waals surface area contributed by atoms with Gasteiger partial charge >= 0.3 is 0 Å². The zero-order valence-electron chi connectivity index (χ0n) is 7.03. The summed E-state index contributed by atoms with van der Waals surface area (Å²) >= 11 is 5.90. The van der Waals surface area contributed by atoms with Gasteiger partial charge < -0.3 is 15.6 Å². The summed E-state index contributed by atoms with van der Waals surface area (Å²) in [6.07, 6.45) is 1.57. The van der Waals surface area contributed by atoms with Gasteiger partial charge in [0.1, 0.15) is 11.6 Å². The highest BCUT2D eigenvalue weighted by molar-refractivity contribution is 6.32. The van der Waals surface area contributed by atoms with E-state index in [0.29, 0.717) is 17.4 Å². The van der Waals surface area contributed by atoms with E-state index in [1.165, 1.54) is 0 Å². The van der Waals surface area contributed by atoms with Crippen LogP contribution in [0.3, 0.4) is 0 Å². The first-order chi connectivity index (χ1) is 6.29. The molecule has 1 heterocycles. The van der Waals surface area contributed by atoms with Crippen LogP contribution in [0.25, 0.3) is 0 Å². The molecular formula is C8H11ClN2O2. The highest BCUT2D eigenvalue weighted by Gasteiger charge is 2.06. The number of nitrogens with two attached hydrogens (primary N) is 1. The number of ether oxygens (including phenoxy) is 1. The van der Waals surface area contributed by atoms with Crippen molar-refractivity contribution < 1.29 is 9.84 Å². The van der Waals surface area contributed by atoms with Gasteiger partial charge in [-0.1, -0.05) is 11.6 Å². The molecule has 1 aromatic rings. The molecule has 5 heteroatoms. The Bertz CT molecular complexity index is 281. The molecule has 1 aromatic heterocycles. The molecule has 0 radical (unpaired) electrons. The van der Waals surface area contributed by atoms with Gasteiger partial charge in [0.15, 0.2) is 0 Å². The van der Waals surface area contributed by atoms with Crippen molar-refractivity contribution in [3.8, 4) is 5.88 Å². The van der Waals surface area contributed by atoms with Crippen molar-refractivity contribution in [1.29, 1.82) is 0 Å².